The minimum atomic E-state index is -0.945. The van der Waals surface area contributed by atoms with Crippen molar-refractivity contribution in [2.75, 3.05) is 11.9 Å². The van der Waals surface area contributed by atoms with Gasteiger partial charge in [-0.05, 0) is 30.0 Å². The topological polar surface area (TPSA) is 91.6 Å². The molecule has 2 aromatic heterocycles. The Labute approximate surface area is 219 Å². The Bertz CT molecular complexity index is 1520. The zero-order valence-corrected chi connectivity index (χ0v) is 21.8. The first-order chi connectivity index (χ1) is 17.7. The largest absolute Gasteiger partial charge is 0.465 e. The molecule has 0 radical (unpaired) electrons. The Morgan fingerprint density at radius 1 is 0.973 bits per heavy atom. The molecule has 1 fully saturated rings. The number of thiophene rings is 1. The molecule has 1 saturated heterocycles. The summed E-state index contributed by atoms with van der Waals surface area (Å²) >= 11 is 1.36. The SMILES string of the molecule is CC(C)(C)C1[C@H](Nc2sc3c(ccc(=O)n3-c3ccccc3)c2C(=O)c2ccccc2)CCN1C(=O)O. The van der Waals surface area contributed by atoms with Gasteiger partial charge in [-0.2, -0.15) is 0 Å². The molecule has 5 rings (SSSR count). The number of rotatable bonds is 5. The lowest BCUT2D eigenvalue weighted by molar-refractivity contribution is 0.102. The van der Waals surface area contributed by atoms with Crippen LogP contribution in [0, 0.1) is 5.41 Å². The Morgan fingerprint density at radius 3 is 2.24 bits per heavy atom. The maximum atomic E-state index is 13.9. The number of amides is 1. The van der Waals surface area contributed by atoms with Gasteiger partial charge in [-0.1, -0.05) is 80.6 Å². The van der Waals surface area contributed by atoms with E-state index in [2.05, 4.69) is 5.32 Å². The first-order valence-electron chi connectivity index (χ1n) is 12.3. The predicted molar refractivity (Wildman–Crippen MR) is 147 cm³/mol. The van der Waals surface area contributed by atoms with Crippen LogP contribution in [0.25, 0.3) is 15.9 Å². The molecule has 2 atom stereocenters. The molecular weight excluding hydrogens is 486 g/mol. The number of likely N-dealkylation sites (tertiary alicyclic amines) is 1. The number of carbonyl (C=O) groups is 2. The third-order valence-corrected chi connectivity index (χ3v) is 7.99. The lowest BCUT2D eigenvalue weighted by atomic mass is 9.82. The van der Waals surface area contributed by atoms with Crippen LogP contribution in [-0.4, -0.2) is 45.1 Å². The fourth-order valence-corrected chi connectivity index (χ4v) is 6.64. The van der Waals surface area contributed by atoms with Crippen LogP contribution in [-0.2, 0) is 0 Å². The van der Waals surface area contributed by atoms with Crippen molar-refractivity contribution in [2.45, 2.75) is 39.3 Å². The van der Waals surface area contributed by atoms with E-state index in [-0.39, 0.29) is 28.8 Å². The van der Waals surface area contributed by atoms with Gasteiger partial charge in [0.25, 0.3) is 5.56 Å². The number of carboxylic acid groups (broad SMARTS) is 1. The minimum absolute atomic E-state index is 0.145. The van der Waals surface area contributed by atoms with Crippen LogP contribution in [0.15, 0.2) is 77.6 Å². The standard InChI is InChI=1S/C29H29N3O4S/c1-29(2,3)25-21(16-17-31(25)28(35)36)30-26-23(24(34)18-10-6-4-7-11-18)20-14-15-22(33)32(27(20)37-26)19-12-8-5-9-13-19/h4-15,21,25,30H,16-17H2,1-3H3,(H,35,36)/t21-,25?/m1/s1. The number of hydrogen-bond donors (Lipinski definition) is 2. The van der Waals surface area contributed by atoms with Crippen LogP contribution in [0.2, 0.25) is 0 Å². The van der Waals surface area contributed by atoms with Crippen LogP contribution in [0.3, 0.4) is 0 Å². The lowest BCUT2D eigenvalue weighted by Crippen LogP contribution is -2.49. The van der Waals surface area contributed by atoms with Gasteiger partial charge in [-0.15, -0.1) is 0 Å². The summed E-state index contributed by atoms with van der Waals surface area (Å²) in [4.78, 5) is 41.1. The summed E-state index contributed by atoms with van der Waals surface area (Å²) in [5.41, 5.74) is 1.26. The van der Waals surface area contributed by atoms with Gasteiger partial charge in [0.2, 0.25) is 0 Å². The quantitative estimate of drug-likeness (QED) is 0.325. The van der Waals surface area contributed by atoms with Crippen LogP contribution in [0.4, 0.5) is 9.80 Å². The summed E-state index contributed by atoms with van der Waals surface area (Å²) in [5.74, 6) is -0.145. The molecule has 4 aromatic rings. The van der Waals surface area contributed by atoms with Gasteiger partial charge >= 0.3 is 6.09 Å². The molecule has 2 aromatic carbocycles. The van der Waals surface area contributed by atoms with Crippen molar-refractivity contribution in [1.29, 1.82) is 0 Å². The van der Waals surface area contributed by atoms with Crippen molar-refractivity contribution in [3.63, 3.8) is 0 Å². The summed E-state index contributed by atoms with van der Waals surface area (Å²) in [7, 11) is 0. The normalized spacial score (nSPS) is 17.8. The van der Waals surface area contributed by atoms with E-state index in [1.807, 2.05) is 69.3 Å². The number of hydrogen-bond acceptors (Lipinski definition) is 5. The summed E-state index contributed by atoms with van der Waals surface area (Å²) < 4.78 is 1.63. The second-order valence-corrected chi connectivity index (χ2v) is 11.4. The molecule has 0 spiro atoms. The highest BCUT2D eigenvalue weighted by molar-refractivity contribution is 7.23. The maximum Gasteiger partial charge on any atom is 0.407 e. The third-order valence-electron chi connectivity index (χ3n) is 6.87. The van der Waals surface area contributed by atoms with E-state index in [9.17, 15) is 19.5 Å². The molecule has 190 valence electrons. The van der Waals surface area contributed by atoms with Gasteiger partial charge in [0.15, 0.2) is 5.78 Å². The van der Waals surface area contributed by atoms with E-state index in [1.54, 1.807) is 22.8 Å². The van der Waals surface area contributed by atoms with Gasteiger partial charge in [0.05, 0.1) is 17.3 Å². The van der Waals surface area contributed by atoms with E-state index in [1.165, 1.54) is 22.3 Å². The molecule has 8 heteroatoms. The van der Waals surface area contributed by atoms with Gasteiger partial charge < -0.3 is 15.3 Å². The van der Waals surface area contributed by atoms with Crippen molar-refractivity contribution in [3.05, 3.63) is 94.3 Å². The van der Waals surface area contributed by atoms with Gasteiger partial charge in [-0.25, -0.2) is 4.79 Å². The summed E-state index contributed by atoms with van der Waals surface area (Å²) in [6.07, 6.45) is -0.327. The molecule has 0 aliphatic carbocycles. The van der Waals surface area contributed by atoms with Crippen LogP contribution in [0.1, 0.15) is 43.1 Å². The fraction of sp³-hybridized carbons (Fsp3) is 0.276. The van der Waals surface area contributed by atoms with Crippen molar-refractivity contribution in [2.24, 2.45) is 5.41 Å². The van der Waals surface area contributed by atoms with E-state index in [0.717, 1.165) is 5.69 Å². The summed E-state index contributed by atoms with van der Waals surface area (Å²) in [5, 5.41) is 14.7. The number of aromatic nitrogens is 1. The Morgan fingerprint density at radius 2 is 1.62 bits per heavy atom. The monoisotopic (exact) mass is 515 g/mol. The number of nitrogens with one attached hydrogen (secondary N) is 1. The molecule has 3 heterocycles. The Kier molecular flexibility index (Phi) is 6.37. The van der Waals surface area contributed by atoms with Gasteiger partial charge in [-0.3, -0.25) is 14.2 Å². The number of nitrogens with zero attached hydrogens (tertiary/aromatic N) is 2. The highest BCUT2D eigenvalue weighted by Crippen LogP contribution is 2.41. The second-order valence-electron chi connectivity index (χ2n) is 10.4. The highest BCUT2D eigenvalue weighted by atomic mass is 32.1. The van der Waals surface area contributed by atoms with Gasteiger partial charge in [0.1, 0.15) is 9.83 Å². The highest BCUT2D eigenvalue weighted by Gasteiger charge is 2.44. The van der Waals surface area contributed by atoms with Crippen LogP contribution in [0.5, 0.6) is 0 Å². The number of fused-ring (bicyclic) bond motifs is 1. The Hall–Kier alpha value is -3.91. The average Bonchev–Trinajstić information content (AvgIpc) is 3.46. The predicted octanol–water partition coefficient (Wildman–Crippen LogP) is 5.86. The van der Waals surface area contributed by atoms with Crippen molar-refractivity contribution >= 4 is 38.4 Å². The molecule has 1 aliphatic rings. The first-order valence-corrected chi connectivity index (χ1v) is 13.1. The number of anilines is 1. The molecule has 1 amide bonds. The average molecular weight is 516 g/mol. The van der Waals surface area contributed by atoms with E-state index >= 15 is 0 Å². The number of ketones is 1. The molecule has 0 saturated carbocycles. The molecular formula is C29H29N3O4S. The molecule has 7 nitrogen and oxygen atoms in total. The van der Waals surface area contributed by atoms with Crippen molar-refractivity contribution < 1.29 is 14.7 Å². The first kappa shape index (κ1) is 24.8. The van der Waals surface area contributed by atoms with Crippen molar-refractivity contribution in [3.8, 4) is 5.69 Å². The lowest BCUT2D eigenvalue weighted by Gasteiger charge is -2.37. The van der Waals surface area contributed by atoms with E-state index in [0.29, 0.717) is 39.3 Å². The van der Waals surface area contributed by atoms with Crippen LogP contribution >= 0.6 is 11.3 Å². The summed E-state index contributed by atoms with van der Waals surface area (Å²) in [6, 6.07) is 21.2. The Balaban J connectivity index is 1.70. The molecule has 37 heavy (non-hydrogen) atoms. The maximum absolute atomic E-state index is 13.9. The van der Waals surface area contributed by atoms with E-state index < -0.39 is 6.09 Å². The van der Waals surface area contributed by atoms with Crippen LogP contribution < -0.4 is 10.9 Å². The van der Waals surface area contributed by atoms with Gasteiger partial charge in [0, 0.05) is 29.6 Å². The molecule has 2 N–H and O–H groups in total. The number of pyridine rings is 1. The number of para-hydroxylation sites is 1. The molecule has 0 bridgehead atoms. The minimum Gasteiger partial charge on any atom is -0.465 e. The summed E-state index contributed by atoms with van der Waals surface area (Å²) in [6.45, 7) is 6.50. The molecule has 1 aliphatic heterocycles. The smallest absolute Gasteiger partial charge is 0.407 e. The number of carbonyl (C=O) groups excluding carboxylic acids is 1. The number of benzene rings is 2. The van der Waals surface area contributed by atoms with E-state index in [4.69, 9.17) is 0 Å². The molecule has 1 unspecified atom stereocenters. The third kappa shape index (κ3) is 4.53. The second kappa shape index (κ2) is 9.52. The zero-order valence-electron chi connectivity index (χ0n) is 21.0. The fourth-order valence-electron chi connectivity index (χ4n) is 5.36. The zero-order chi connectivity index (χ0) is 26.3. The van der Waals surface area contributed by atoms with Crippen molar-refractivity contribution in [1.82, 2.24) is 9.47 Å².